The molecular formula is C13H22BrNO4Si. The van der Waals surface area contributed by atoms with Crippen molar-refractivity contribution in [3.8, 4) is 5.75 Å². The van der Waals surface area contributed by atoms with E-state index in [1.165, 1.54) is 14.2 Å². The summed E-state index contributed by atoms with van der Waals surface area (Å²) in [7, 11) is 1.75. The Hall–Kier alpha value is -0.793. The van der Waals surface area contributed by atoms with Gasteiger partial charge in [0, 0.05) is 20.9 Å². The lowest BCUT2D eigenvalue weighted by Crippen LogP contribution is -2.22. The maximum atomic E-state index is 11.8. The number of halogens is 1. The van der Waals surface area contributed by atoms with Gasteiger partial charge in [0.2, 0.25) is 0 Å². The number of hydrogen-bond donors (Lipinski definition) is 0. The third-order valence-corrected chi connectivity index (χ3v) is 5.07. The summed E-state index contributed by atoms with van der Waals surface area (Å²) in [4.78, 5) is 11.8. The molecule has 0 saturated carbocycles. The van der Waals surface area contributed by atoms with Crippen molar-refractivity contribution < 1.29 is 19.0 Å². The van der Waals surface area contributed by atoms with Crippen LogP contribution in [0.3, 0.4) is 0 Å². The molecule has 0 aliphatic heterocycles. The standard InChI is InChI=1S/C13H22BrNO4Si/c1-17-12-10(14)8-15(11(12)13(16)18-2)9-19-6-7-20(3,4)5/h8H,6-7,9H2,1-5H3. The van der Waals surface area contributed by atoms with Crippen molar-refractivity contribution in [1.29, 1.82) is 0 Å². The summed E-state index contributed by atoms with van der Waals surface area (Å²) in [5.41, 5.74) is 0.356. The van der Waals surface area contributed by atoms with Crippen LogP contribution in [0.4, 0.5) is 0 Å². The lowest BCUT2D eigenvalue weighted by Gasteiger charge is -2.16. The maximum Gasteiger partial charge on any atom is 0.358 e. The Morgan fingerprint density at radius 2 is 2.00 bits per heavy atom. The van der Waals surface area contributed by atoms with E-state index >= 15 is 0 Å². The van der Waals surface area contributed by atoms with Crippen molar-refractivity contribution >= 4 is 30.0 Å². The molecule has 5 nitrogen and oxygen atoms in total. The van der Waals surface area contributed by atoms with E-state index in [0.29, 0.717) is 29.3 Å². The smallest absolute Gasteiger partial charge is 0.358 e. The van der Waals surface area contributed by atoms with E-state index in [-0.39, 0.29) is 0 Å². The Kier molecular flexibility index (Phi) is 6.28. The topological polar surface area (TPSA) is 49.7 Å². The highest BCUT2D eigenvalue weighted by molar-refractivity contribution is 9.10. The van der Waals surface area contributed by atoms with Crippen molar-refractivity contribution in [3.63, 3.8) is 0 Å². The Morgan fingerprint density at radius 3 is 2.50 bits per heavy atom. The fourth-order valence-electron chi connectivity index (χ4n) is 1.65. The second-order valence-corrected chi connectivity index (χ2v) is 12.1. The first-order chi connectivity index (χ1) is 9.30. The van der Waals surface area contributed by atoms with Crippen LogP contribution in [0.25, 0.3) is 0 Å². The van der Waals surface area contributed by atoms with Crippen LogP contribution in [-0.2, 0) is 16.2 Å². The van der Waals surface area contributed by atoms with E-state index in [0.717, 1.165) is 6.04 Å². The van der Waals surface area contributed by atoms with Gasteiger partial charge in [0.1, 0.15) is 6.73 Å². The highest BCUT2D eigenvalue weighted by Crippen LogP contribution is 2.31. The molecule has 1 rings (SSSR count). The number of methoxy groups -OCH3 is 2. The third-order valence-electron chi connectivity index (χ3n) is 2.80. The molecule has 0 fully saturated rings. The van der Waals surface area contributed by atoms with Crippen LogP contribution in [0.2, 0.25) is 25.7 Å². The first-order valence-electron chi connectivity index (χ1n) is 6.39. The fraction of sp³-hybridized carbons (Fsp3) is 0.615. The molecule has 0 spiro atoms. The van der Waals surface area contributed by atoms with Crippen molar-refractivity contribution in [2.24, 2.45) is 0 Å². The van der Waals surface area contributed by atoms with Crippen LogP contribution in [0.15, 0.2) is 10.7 Å². The average molecular weight is 364 g/mol. The van der Waals surface area contributed by atoms with Crippen molar-refractivity contribution in [2.75, 3.05) is 20.8 Å². The van der Waals surface area contributed by atoms with Crippen LogP contribution in [0.1, 0.15) is 10.5 Å². The number of carbonyl (C=O) groups excluding carboxylic acids is 1. The van der Waals surface area contributed by atoms with E-state index in [2.05, 4.69) is 35.6 Å². The van der Waals surface area contributed by atoms with Gasteiger partial charge in [-0.05, 0) is 22.0 Å². The monoisotopic (exact) mass is 363 g/mol. The van der Waals surface area contributed by atoms with E-state index in [1.54, 1.807) is 10.8 Å². The SMILES string of the molecule is COC(=O)c1c(OC)c(Br)cn1COCC[Si](C)(C)C. The largest absolute Gasteiger partial charge is 0.493 e. The molecule has 0 amide bonds. The summed E-state index contributed by atoms with van der Waals surface area (Å²) < 4.78 is 18.1. The molecule has 0 radical (unpaired) electrons. The van der Waals surface area contributed by atoms with Gasteiger partial charge in [-0.15, -0.1) is 0 Å². The molecule has 1 aromatic rings. The van der Waals surface area contributed by atoms with Gasteiger partial charge in [0.05, 0.1) is 18.7 Å². The van der Waals surface area contributed by atoms with Crippen molar-refractivity contribution in [1.82, 2.24) is 4.57 Å². The van der Waals surface area contributed by atoms with E-state index in [1.807, 2.05) is 0 Å². The van der Waals surface area contributed by atoms with Gasteiger partial charge in [0.25, 0.3) is 0 Å². The van der Waals surface area contributed by atoms with E-state index in [9.17, 15) is 4.79 Å². The normalized spacial score (nSPS) is 11.5. The molecule has 1 heterocycles. The molecule has 1 aromatic heterocycles. The first-order valence-corrected chi connectivity index (χ1v) is 10.9. The van der Waals surface area contributed by atoms with Crippen molar-refractivity contribution in [2.45, 2.75) is 32.4 Å². The van der Waals surface area contributed by atoms with E-state index < -0.39 is 14.0 Å². The second kappa shape index (κ2) is 7.28. The fourth-order valence-corrected chi connectivity index (χ4v) is 3.00. The molecule has 0 unspecified atom stereocenters. The van der Waals surface area contributed by atoms with Crippen LogP contribution in [0.5, 0.6) is 5.75 Å². The first kappa shape index (κ1) is 17.3. The lowest BCUT2D eigenvalue weighted by atomic mass is 10.4. The Balaban J connectivity index is 2.77. The molecule has 0 aliphatic carbocycles. The number of nitrogens with zero attached hydrogens (tertiary/aromatic N) is 1. The molecule has 0 aromatic carbocycles. The van der Waals surface area contributed by atoms with Gasteiger partial charge in [-0.3, -0.25) is 0 Å². The minimum Gasteiger partial charge on any atom is -0.493 e. The lowest BCUT2D eigenvalue weighted by molar-refractivity contribution is 0.0535. The Labute approximate surface area is 129 Å². The molecule has 114 valence electrons. The predicted octanol–water partition coefficient (Wildman–Crippen LogP) is 3.36. The quantitative estimate of drug-likeness (QED) is 0.423. The summed E-state index contributed by atoms with van der Waals surface area (Å²) in [5, 5.41) is 0. The molecule has 0 saturated heterocycles. The minimum atomic E-state index is -1.11. The number of rotatable bonds is 7. The summed E-state index contributed by atoms with van der Waals surface area (Å²) in [6, 6.07) is 1.08. The predicted molar refractivity (Wildman–Crippen MR) is 84.1 cm³/mol. The summed E-state index contributed by atoms with van der Waals surface area (Å²) in [6.07, 6.45) is 1.76. The zero-order valence-electron chi connectivity index (χ0n) is 12.7. The van der Waals surface area contributed by atoms with Gasteiger partial charge in [0.15, 0.2) is 11.4 Å². The van der Waals surface area contributed by atoms with Crippen LogP contribution in [-0.4, -0.2) is 39.4 Å². The van der Waals surface area contributed by atoms with Gasteiger partial charge in [-0.1, -0.05) is 19.6 Å². The van der Waals surface area contributed by atoms with Gasteiger partial charge < -0.3 is 18.8 Å². The highest BCUT2D eigenvalue weighted by Gasteiger charge is 2.22. The van der Waals surface area contributed by atoms with Crippen molar-refractivity contribution in [3.05, 3.63) is 16.4 Å². The third kappa shape index (κ3) is 4.64. The number of ether oxygens (including phenoxy) is 3. The summed E-state index contributed by atoms with van der Waals surface area (Å²) >= 11 is 3.36. The number of hydrogen-bond acceptors (Lipinski definition) is 4. The van der Waals surface area contributed by atoms with Crippen LogP contribution in [0, 0.1) is 0 Å². The van der Waals surface area contributed by atoms with Gasteiger partial charge >= 0.3 is 5.97 Å². The van der Waals surface area contributed by atoms with Crippen LogP contribution >= 0.6 is 15.9 Å². The van der Waals surface area contributed by atoms with Gasteiger partial charge in [-0.25, -0.2) is 4.79 Å². The average Bonchev–Trinajstić information content (AvgIpc) is 2.68. The molecule has 0 atom stereocenters. The number of aromatic nitrogens is 1. The Bertz CT molecular complexity index is 468. The minimum absolute atomic E-state index is 0.302. The number of esters is 1. The molecular weight excluding hydrogens is 342 g/mol. The summed E-state index contributed by atoms with van der Waals surface area (Å²) in [5.74, 6) is 0.0204. The zero-order chi connectivity index (χ0) is 15.3. The van der Waals surface area contributed by atoms with E-state index in [4.69, 9.17) is 14.2 Å². The zero-order valence-corrected chi connectivity index (χ0v) is 15.2. The maximum absolute atomic E-state index is 11.8. The highest BCUT2D eigenvalue weighted by atomic mass is 79.9. The number of carbonyl (C=O) groups is 1. The molecule has 7 heteroatoms. The molecule has 20 heavy (non-hydrogen) atoms. The molecule has 0 bridgehead atoms. The van der Waals surface area contributed by atoms with Crippen LogP contribution < -0.4 is 4.74 Å². The van der Waals surface area contributed by atoms with Gasteiger partial charge in [-0.2, -0.15) is 0 Å². The molecule has 0 aliphatic rings. The molecule has 0 N–H and O–H groups in total. The second-order valence-electron chi connectivity index (χ2n) is 5.67. The summed E-state index contributed by atoms with van der Waals surface area (Å²) in [6.45, 7) is 7.88. The Morgan fingerprint density at radius 1 is 1.35 bits per heavy atom.